The molecule has 2 atom stereocenters. The fourth-order valence-corrected chi connectivity index (χ4v) is 2.37. The summed E-state index contributed by atoms with van der Waals surface area (Å²) in [5.74, 6) is -0.297. The summed E-state index contributed by atoms with van der Waals surface area (Å²) < 4.78 is 10.5. The van der Waals surface area contributed by atoms with Crippen LogP contribution in [0.2, 0.25) is 5.02 Å². The first-order chi connectivity index (χ1) is 9.66. The van der Waals surface area contributed by atoms with Crippen LogP contribution in [-0.4, -0.2) is 55.1 Å². The second kappa shape index (κ2) is 5.52. The highest BCUT2D eigenvalue weighted by Gasteiger charge is 2.51. The maximum absolute atomic E-state index is 12.2. The molecule has 0 N–H and O–H groups in total. The van der Waals surface area contributed by atoms with Gasteiger partial charge in [-0.3, -0.25) is 9.59 Å². The lowest BCUT2D eigenvalue weighted by atomic mass is 10.1. The Morgan fingerprint density at radius 1 is 1.10 bits per heavy atom. The van der Waals surface area contributed by atoms with Gasteiger partial charge in [-0.05, 0) is 24.3 Å². The predicted molar refractivity (Wildman–Crippen MR) is 71.8 cm³/mol. The van der Waals surface area contributed by atoms with Crippen molar-refractivity contribution in [2.45, 2.75) is 12.2 Å². The van der Waals surface area contributed by atoms with E-state index in [0.29, 0.717) is 36.9 Å². The minimum atomic E-state index is -0.661. The summed E-state index contributed by atoms with van der Waals surface area (Å²) in [6.07, 6.45) is -1.30. The number of Topliss-reactive ketones (excluding diaryl/α,β-unsaturated/α-hetero) is 1. The minimum absolute atomic E-state index is 0.124. The van der Waals surface area contributed by atoms with Crippen molar-refractivity contribution in [3.05, 3.63) is 34.9 Å². The first kappa shape index (κ1) is 13.5. The third kappa shape index (κ3) is 2.70. The maximum Gasteiger partial charge on any atom is 0.255 e. The SMILES string of the molecule is O=C(c1ccc(Cl)cc1)C1OC1C(=O)N1CCOCC1. The number of morpholine rings is 1. The Morgan fingerprint density at radius 3 is 2.40 bits per heavy atom. The zero-order chi connectivity index (χ0) is 14.1. The quantitative estimate of drug-likeness (QED) is 0.620. The molecule has 1 aromatic carbocycles. The molecule has 106 valence electrons. The molecule has 2 fully saturated rings. The van der Waals surface area contributed by atoms with Gasteiger partial charge in [-0.15, -0.1) is 0 Å². The molecule has 0 radical (unpaired) electrons. The maximum atomic E-state index is 12.2. The molecule has 2 aliphatic rings. The Balaban J connectivity index is 1.62. The average molecular weight is 296 g/mol. The highest BCUT2D eigenvalue weighted by Crippen LogP contribution is 2.28. The number of rotatable bonds is 3. The van der Waals surface area contributed by atoms with Crippen LogP contribution in [0.5, 0.6) is 0 Å². The third-order valence-electron chi connectivity index (χ3n) is 3.44. The number of nitrogens with zero attached hydrogens (tertiary/aromatic N) is 1. The summed E-state index contributed by atoms with van der Waals surface area (Å²) in [6.45, 7) is 2.18. The Hall–Kier alpha value is -1.43. The van der Waals surface area contributed by atoms with Gasteiger partial charge in [-0.25, -0.2) is 0 Å². The van der Waals surface area contributed by atoms with Crippen molar-refractivity contribution in [3.63, 3.8) is 0 Å². The second-order valence-corrected chi connectivity index (χ2v) is 5.22. The zero-order valence-electron chi connectivity index (χ0n) is 10.8. The number of benzene rings is 1. The van der Waals surface area contributed by atoms with Crippen molar-refractivity contribution >= 4 is 23.3 Å². The number of epoxide rings is 1. The van der Waals surface area contributed by atoms with Crippen molar-refractivity contribution in [1.29, 1.82) is 0 Å². The van der Waals surface area contributed by atoms with Gasteiger partial charge in [0, 0.05) is 23.7 Å². The molecule has 1 amide bonds. The van der Waals surface area contributed by atoms with E-state index in [1.807, 2.05) is 0 Å². The van der Waals surface area contributed by atoms with E-state index < -0.39 is 12.2 Å². The van der Waals surface area contributed by atoms with Gasteiger partial charge in [0.1, 0.15) is 0 Å². The molecule has 0 saturated carbocycles. The van der Waals surface area contributed by atoms with E-state index in [-0.39, 0.29) is 11.7 Å². The molecular weight excluding hydrogens is 282 g/mol. The van der Waals surface area contributed by atoms with Crippen LogP contribution >= 0.6 is 11.6 Å². The normalized spacial score (nSPS) is 25.4. The second-order valence-electron chi connectivity index (χ2n) is 4.79. The summed E-state index contributed by atoms with van der Waals surface area (Å²) in [7, 11) is 0. The zero-order valence-corrected chi connectivity index (χ0v) is 11.5. The van der Waals surface area contributed by atoms with Gasteiger partial charge >= 0.3 is 0 Å². The molecular formula is C14H14ClNO4. The first-order valence-corrected chi connectivity index (χ1v) is 6.86. The van der Waals surface area contributed by atoms with Gasteiger partial charge in [0.05, 0.1) is 13.2 Å². The van der Waals surface area contributed by atoms with Crippen LogP contribution in [0.15, 0.2) is 24.3 Å². The molecule has 0 aromatic heterocycles. The van der Waals surface area contributed by atoms with Crippen molar-refractivity contribution in [3.8, 4) is 0 Å². The van der Waals surface area contributed by atoms with E-state index in [9.17, 15) is 9.59 Å². The monoisotopic (exact) mass is 295 g/mol. The molecule has 20 heavy (non-hydrogen) atoms. The van der Waals surface area contributed by atoms with Crippen LogP contribution in [0.1, 0.15) is 10.4 Å². The van der Waals surface area contributed by atoms with Gasteiger partial charge in [0.2, 0.25) is 0 Å². The summed E-state index contributed by atoms with van der Waals surface area (Å²) in [5, 5.41) is 0.569. The number of hydrogen-bond donors (Lipinski definition) is 0. The van der Waals surface area contributed by atoms with Crippen molar-refractivity contribution < 1.29 is 19.1 Å². The number of ether oxygens (including phenoxy) is 2. The molecule has 1 aromatic rings. The molecule has 3 rings (SSSR count). The topological polar surface area (TPSA) is 59.1 Å². The summed E-state index contributed by atoms with van der Waals surface area (Å²) in [5.41, 5.74) is 0.511. The fraction of sp³-hybridized carbons (Fsp3) is 0.429. The number of ketones is 1. The number of halogens is 1. The van der Waals surface area contributed by atoms with E-state index in [4.69, 9.17) is 21.1 Å². The number of hydrogen-bond acceptors (Lipinski definition) is 4. The van der Waals surface area contributed by atoms with Crippen molar-refractivity contribution in [2.75, 3.05) is 26.3 Å². The van der Waals surface area contributed by atoms with Crippen LogP contribution in [0.3, 0.4) is 0 Å². The smallest absolute Gasteiger partial charge is 0.255 e. The Bertz CT molecular complexity index is 524. The van der Waals surface area contributed by atoms with Crippen LogP contribution in [0.4, 0.5) is 0 Å². The molecule has 2 aliphatic heterocycles. The van der Waals surface area contributed by atoms with Gasteiger partial charge in [0.25, 0.3) is 5.91 Å². The van der Waals surface area contributed by atoms with E-state index in [1.165, 1.54) is 0 Å². The number of carbonyl (C=O) groups is 2. The third-order valence-corrected chi connectivity index (χ3v) is 3.70. The molecule has 2 heterocycles. The average Bonchev–Trinajstić information content (AvgIpc) is 3.28. The molecule has 6 heteroatoms. The Labute approximate surface area is 121 Å². The largest absolute Gasteiger partial charge is 0.378 e. The fourth-order valence-electron chi connectivity index (χ4n) is 2.24. The molecule has 0 bridgehead atoms. The van der Waals surface area contributed by atoms with Crippen LogP contribution in [-0.2, 0) is 14.3 Å². The Kier molecular flexibility index (Phi) is 3.74. The minimum Gasteiger partial charge on any atom is -0.378 e. The van der Waals surface area contributed by atoms with Crippen LogP contribution in [0, 0.1) is 0 Å². The summed E-state index contributed by atoms with van der Waals surface area (Å²) in [6, 6.07) is 6.58. The van der Waals surface area contributed by atoms with E-state index >= 15 is 0 Å². The standard InChI is InChI=1S/C14H14ClNO4/c15-10-3-1-9(2-4-10)11(17)12-13(20-12)14(18)16-5-7-19-8-6-16/h1-4,12-13H,5-8H2. The number of amides is 1. The van der Waals surface area contributed by atoms with E-state index in [0.717, 1.165) is 0 Å². The molecule has 2 saturated heterocycles. The van der Waals surface area contributed by atoms with E-state index in [2.05, 4.69) is 0 Å². The first-order valence-electron chi connectivity index (χ1n) is 6.48. The van der Waals surface area contributed by atoms with E-state index in [1.54, 1.807) is 29.2 Å². The summed E-state index contributed by atoms with van der Waals surface area (Å²) in [4.78, 5) is 26.0. The highest BCUT2D eigenvalue weighted by molar-refractivity contribution is 6.30. The van der Waals surface area contributed by atoms with Gasteiger partial charge in [-0.1, -0.05) is 11.6 Å². The van der Waals surface area contributed by atoms with Crippen LogP contribution in [0.25, 0.3) is 0 Å². The molecule has 0 spiro atoms. The van der Waals surface area contributed by atoms with Gasteiger partial charge in [0.15, 0.2) is 18.0 Å². The van der Waals surface area contributed by atoms with Gasteiger partial charge < -0.3 is 14.4 Å². The predicted octanol–water partition coefficient (Wildman–Crippen LogP) is 1.15. The highest BCUT2D eigenvalue weighted by atomic mass is 35.5. The lowest BCUT2D eigenvalue weighted by Gasteiger charge is -2.26. The van der Waals surface area contributed by atoms with Gasteiger partial charge in [-0.2, -0.15) is 0 Å². The molecule has 0 aliphatic carbocycles. The lowest BCUT2D eigenvalue weighted by molar-refractivity contribution is -0.136. The molecule has 2 unspecified atom stereocenters. The molecule has 5 nitrogen and oxygen atoms in total. The number of carbonyl (C=O) groups excluding carboxylic acids is 2. The van der Waals surface area contributed by atoms with Crippen LogP contribution < -0.4 is 0 Å². The summed E-state index contributed by atoms with van der Waals surface area (Å²) >= 11 is 5.78. The van der Waals surface area contributed by atoms with Crippen molar-refractivity contribution in [1.82, 2.24) is 4.90 Å². The Morgan fingerprint density at radius 2 is 1.75 bits per heavy atom. The lowest BCUT2D eigenvalue weighted by Crippen LogP contribution is -2.43. The van der Waals surface area contributed by atoms with Crippen molar-refractivity contribution in [2.24, 2.45) is 0 Å².